The van der Waals surface area contributed by atoms with Gasteiger partial charge in [-0.2, -0.15) is 8.42 Å². The van der Waals surface area contributed by atoms with Gasteiger partial charge in [0, 0.05) is 5.75 Å². The fourth-order valence-corrected chi connectivity index (χ4v) is 1.73. The van der Waals surface area contributed by atoms with E-state index in [4.69, 9.17) is 10.3 Å². The van der Waals surface area contributed by atoms with Crippen LogP contribution >= 0.6 is 10.8 Å². The molecule has 7 heteroatoms. The summed E-state index contributed by atoms with van der Waals surface area (Å²) in [7, 11) is -3.33. The summed E-state index contributed by atoms with van der Waals surface area (Å²) in [5.41, 5.74) is 5.07. The number of hydrogen-bond donors (Lipinski definition) is 2. The van der Waals surface area contributed by atoms with Gasteiger partial charge in [-0.15, -0.1) is 0 Å². The van der Waals surface area contributed by atoms with Crippen LogP contribution in [0.15, 0.2) is 0 Å². The van der Waals surface area contributed by atoms with Crippen molar-refractivity contribution in [1.82, 2.24) is 0 Å². The molecule has 0 bridgehead atoms. The Morgan fingerprint density at radius 3 is 2.30 bits per heavy atom. The summed E-state index contributed by atoms with van der Waals surface area (Å²) >= 11 is 0. The van der Waals surface area contributed by atoms with E-state index in [1.807, 2.05) is 0 Å². The summed E-state index contributed by atoms with van der Waals surface area (Å²) < 4.78 is 28.1. The minimum atomic E-state index is -3.84. The monoisotopic (exact) mass is 195 g/mol. The van der Waals surface area contributed by atoms with E-state index in [0.29, 0.717) is 29.5 Å². The molecule has 0 rings (SSSR count). The van der Waals surface area contributed by atoms with E-state index in [1.165, 1.54) is 0 Å². The van der Waals surface area contributed by atoms with Crippen molar-refractivity contribution >= 4 is 49.5 Å². The first-order valence-electron chi connectivity index (χ1n) is 2.38. The van der Waals surface area contributed by atoms with E-state index in [1.54, 1.807) is 0 Å². The van der Waals surface area contributed by atoms with Crippen LogP contribution < -0.4 is 5.73 Å². The zero-order chi connectivity index (χ0) is 7.33. The van der Waals surface area contributed by atoms with Gasteiger partial charge >= 0.3 is 38.7 Å². The number of nitrogens with two attached hydrogens (primary N) is 1. The van der Waals surface area contributed by atoms with Gasteiger partial charge in [0.1, 0.15) is 0 Å². The summed E-state index contributed by atoms with van der Waals surface area (Å²) in [4.78, 5) is 0. The van der Waals surface area contributed by atoms with Crippen molar-refractivity contribution in [2.24, 2.45) is 5.73 Å². The van der Waals surface area contributed by atoms with Crippen molar-refractivity contribution in [3.8, 4) is 0 Å². The second kappa shape index (κ2) is 6.90. The second-order valence-electron chi connectivity index (χ2n) is 1.39. The van der Waals surface area contributed by atoms with Gasteiger partial charge in [-0.25, -0.2) is 0 Å². The van der Waals surface area contributed by atoms with Gasteiger partial charge in [-0.3, -0.25) is 4.55 Å². The maximum atomic E-state index is 9.98. The molecule has 0 aliphatic heterocycles. The number of rotatable bonds is 4. The third-order valence-electron chi connectivity index (χ3n) is 0.581. The normalized spacial score (nSPS) is 10.6. The molecule has 0 saturated carbocycles. The van der Waals surface area contributed by atoms with Gasteiger partial charge in [0.15, 0.2) is 0 Å². The molecule has 0 radical (unpaired) electrons. The zero-order valence-electron chi connectivity index (χ0n) is 4.78. The van der Waals surface area contributed by atoms with E-state index in [-0.39, 0.29) is 29.6 Å². The number of hydrogen-bond acceptors (Lipinski definition) is 4. The molecule has 0 aromatic carbocycles. The van der Waals surface area contributed by atoms with Gasteiger partial charge in [-0.1, -0.05) is 0 Å². The molecule has 0 aliphatic carbocycles. The Bertz CT molecular complexity index is 157. The van der Waals surface area contributed by atoms with E-state index >= 15 is 0 Å². The van der Waals surface area contributed by atoms with Crippen molar-refractivity contribution in [2.45, 2.75) is 6.42 Å². The Morgan fingerprint density at radius 2 is 2.00 bits per heavy atom. The van der Waals surface area contributed by atoms with Crippen LogP contribution in [0.25, 0.3) is 0 Å². The predicted molar refractivity (Wildman–Crippen MR) is 44.8 cm³/mol. The summed E-state index contributed by atoms with van der Waals surface area (Å²) in [6, 6.07) is 0. The van der Waals surface area contributed by atoms with Gasteiger partial charge < -0.3 is 5.73 Å². The van der Waals surface area contributed by atoms with Gasteiger partial charge in [0.05, 0.1) is 0 Å². The van der Waals surface area contributed by atoms with Crippen molar-refractivity contribution in [3.63, 3.8) is 0 Å². The molecule has 0 aromatic rings. The van der Waals surface area contributed by atoms with Crippen LogP contribution in [0, 0.1) is 0 Å². The minimum absolute atomic E-state index is 0. The average molecular weight is 195 g/mol. The Hall–Kier alpha value is 1.22. The predicted octanol–water partition coefficient (Wildman–Crippen LogP) is -0.777. The molecule has 0 spiro atoms. The molecule has 0 fully saturated rings. The van der Waals surface area contributed by atoms with E-state index in [0.717, 1.165) is 0 Å². The van der Waals surface area contributed by atoms with Crippen LogP contribution in [0.5, 0.6) is 0 Å². The molecule has 0 saturated heterocycles. The van der Waals surface area contributed by atoms with E-state index in [2.05, 4.69) is 0 Å². The fourth-order valence-electron chi connectivity index (χ4n) is 0.248. The Labute approximate surface area is 86.4 Å². The van der Waals surface area contributed by atoms with Gasteiger partial charge in [0.25, 0.3) is 0 Å². The molecule has 0 atom stereocenters. The Balaban J connectivity index is 0. The van der Waals surface area contributed by atoms with E-state index < -0.39 is 9.15 Å². The van der Waals surface area contributed by atoms with Crippen LogP contribution in [0.3, 0.4) is 0 Å². The molecular weight excluding hydrogens is 185 g/mol. The van der Waals surface area contributed by atoms with Crippen molar-refractivity contribution in [2.75, 3.05) is 12.3 Å². The molecule has 0 aromatic heterocycles. The molecular formula is C3H10NNaO3S2. The quantitative estimate of drug-likeness (QED) is 0.266. The molecule has 0 amide bonds. The molecule has 0 heterocycles. The van der Waals surface area contributed by atoms with Crippen LogP contribution in [0.1, 0.15) is 6.42 Å². The molecule has 10 heavy (non-hydrogen) atoms. The third-order valence-corrected chi connectivity index (χ3v) is 2.73. The molecule has 58 valence electrons. The first kappa shape index (κ1) is 13.8. The summed E-state index contributed by atoms with van der Waals surface area (Å²) in [6.07, 6.45) is 0.602. The second-order valence-corrected chi connectivity index (χ2v) is 4.86. The summed E-state index contributed by atoms with van der Waals surface area (Å²) in [5.74, 6) is 0.356. The Kier molecular flexibility index (Phi) is 9.51. The summed E-state index contributed by atoms with van der Waals surface area (Å²) in [5, 5.41) is 0. The topological polar surface area (TPSA) is 80.4 Å². The van der Waals surface area contributed by atoms with Crippen LogP contribution in [0.4, 0.5) is 0 Å². The fraction of sp³-hybridized carbons (Fsp3) is 1.00. The van der Waals surface area contributed by atoms with Crippen LogP contribution in [0.2, 0.25) is 0 Å². The van der Waals surface area contributed by atoms with Crippen LogP contribution in [-0.2, 0) is 9.15 Å². The Morgan fingerprint density at radius 1 is 1.50 bits per heavy atom. The molecule has 0 aliphatic rings. The van der Waals surface area contributed by atoms with Crippen molar-refractivity contribution < 1.29 is 13.0 Å². The van der Waals surface area contributed by atoms with Gasteiger partial charge in [-0.05, 0) is 23.8 Å². The van der Waals surface area contributed by atoms with Crippen molar-refractivity contribution in [1.29, 1.82) is 0 Å². The van der Waals surface area contributed by atoms with E-state index in [9.17, 15) is 8.42 Å². The molecule has 0 unspecified atom stereocenters. The maximum absolute atomic E-state index is 9.98. The first-order chi connectivity index (χ1) is 4.06. The first-order valence-corrected chi connectivity index (χ1v) is 5.32. The van der Waals surface area contributed by atoms with Gasteiger partial charge in [0.2, 0.25) is 0 Å². The third kappa shape index (κ3) is 12.0. The zero-order valence-corrected chi connectivity index (χ0v) is 6.41. The van der Waals surface area contributed by atoms with Crippen LogP contribution in [-0.4, -0.2) is 54.8 Å². The average Bonchev–Trinajstić information content (AvgIpc) is 1.63. The molecule has 4 nitrogen and oxygen atoms in total. The van der Waals surface area contributed by atoms with Crippen molar-refractivity contribution in [3.05, 3.63) is 0 Å². The standard InChI is InChI=1S/C3H9NO3S2.Na.H/c4-2-1-3-8-9(5,6)7;;/h1-4H2,(H,5,6,7);;. The SMILES string of the molecule is NCCCSS(=O)(=O)O.[NaH]. The molecule has 3 N–H and O–H groups in total. The summed E-state index contributed by atoms with van der Waals surface area (Å²) in [6.45, 7) is 0.447.